The van der Waals surface area contributed by atoms with Crippen molar-refractivity contribution in [2.45, 2.75) is 13.0 Å². The molecule has 0 aliphatic carbocycles. The third kappa shape index (κ3) is 4.26. The van der Waals surface area contributed by atoms with Crippen molar-refractivity contribution in [3.63, 3.8) is 0 Å². The van der Waals surface area contributed by atoms with E-state index in [2.05, 4.69) is 10.3 Å². The maximum absolute atomic E-state index is 5.91. The molecule has 0 aliphatic rings. The van der Waals surface area contributed by atoms with E-state index in [1.165, 1.54) is 0 Å². The average molecular weight is 280 g/mol. The maximum atomic E-state index is 5.91. The lowest BCUT2D eigenvalue weighted by Crippen LogP contribution is -2.19. The molecule has 4 nitrogen and oxygen atoms in total. The first-order valence-electron chi connectivity index (χ1n) is 6.32. The Labute approximate surface area is 118 Å². The maximum Gasteiger partial charge on any atom is 0.128 e. The first-order chi connectivity index (χ1) is 9.27. The molecule has 1 aromatic heterocycles. The van der Waals surface area contributed by atoms with Crippen molar-refractivity contribution < 1.29 is 4.74 Å². The van der Waals surface area contributed by atoms with Gasteiger partial charge in [-0.1, -0.05) is 29.8 Å². The molecule has 0 saturated heterocycles. The molecule has 0 radical (unpaired) electrons. The Kier molecular flexibility index (Phi) is 5.24. The second-order valence-electron chi connectivity index (χ2n) is 4.25. The van der Waals surface area contributed by atoms with Crippen LogP contribution in [-0.4, -0.2) is 22.7 Å². The van der Waals surface area contributed by atoms with Crippen molar-refractivity contribution >= 4 is 11.6 Å². The summed E-state index contributed by atoms with van der Waals surface area (Å²) in [6.07, 6.45) is 2.62. The van der Waals surface area contributed by atoms with Gasteiger partial charge in [-0.05, 0) is 25.1 Å². The zero-order chi connectivity index (χ0) is 13.5. The zero-order valence-electron chi connectivity index (χ0n) is 11.0. The Balaban J connectivity index is 1.59. The summed E-state index contributed by atoms with van der Waals surface area (Å²) in [5, 5.41) is 3.98. The monoisotopic (exact) mass is 279 g/mol. The highest BCUT2D eigenvalue weighted by Gasteiger charge is 2.02. The summed E-state index contributed by atoms with van der Waals surface area (Å²) in [7, 11) is 1.91. The fraction of sp³-hybridized carbons (Fsp3) is 0.357. The van der Waals surface area contributed by atoms with Crippen molar-refractivity contribution in [1.29, 1.82) is 0 Å². The highest BCUT2D eigenvalue weighted by molar-refractivity contribution is 6.29. The molecule has 1 N–H and O–H groups in total. The molecule has 2 aromatic rings. The molecular weight excluding hydrogens is 262 g/mol. The molecule has 0 amide bonds. The van der Waals surface area contributed by atoms with Gasteiger partial charge in [0.15, 0.2) is 0 Å². The van der Waals surface area contributed by atoms with Crippen LogP contribution >= 0.6 is 11.6 Å². The number of halogens is 1. The quantitative estimate of drug-likeness (QED) is 0.792. The van der Waals surface area contributed by atoms with E-state index in [0.717, 1.165) is 24.5 Å². The number of para-hydroxylation sites is 1. The van der Waals surface area contributed by atoms with Gasteiger partial charge in [0.05, 0.1) is 19.3 Å². The Morgan fingerprint density at radius 3 is 2.79 bits per heavy atom. The van der Waals surface area contributed by atoms with Crippen LogP contribution in [0.15, 0.2) is 36.5 Å². The van der Waals surface area contributed by atoms with Crippen LogP contribution in [0.25, 0.3) is 0 Å². The predicted molar refractivity (Wildman–Crippen MR) is 76.5 cm³/mol. The van der Waals surface area contributed by atoms with Gasteiger partial charge in [-0.3, -0.25) is 0 Å². The van der Waals surface area contributed by atoms with Crippen molar-refractivity contribution in [1.82, 2.24) is 14.9 Å². The van der Waals surface area contributed by atoms with E-state index in [4.69, 9.17) is 16.3 Å². The summed E-state index contributed by atoms with van der Waals surface area (Å²) in [5.41, 5.74) is 0. The largest absolute Gasteiger partial charge is 0.494 e. The number of hydrogen-bond donors (Lipinski definition) is 1. The minimum Gasteiger partial charge on any atom is -0.494 e. The standard InChI is InChI=1S/C14H18ClN3O/c1-18-13(15)10-17-14(18)11-16-8-5-9-19-12-6-3-2-4-7-12/h2-4,6-7,10,16H,5,8-9,11H2,1H3. The van der Waals surface area contributed by atoms with Gasteiger partial charge in [0.25, 0.3) is 0 Å². The van der Waals surface area contributed by atoms with Crippen LogP contribution in [0.1, 0.15) is 12.2 Å². The van der Waals surface area contributed by atoms with E-state index in [-0.39, 0.29) is 0 Å². The van der Waals surface area contributed by atoms with E-state index >= 15 is 0 Å². The van der Waals surface area contributed by atoms with Gasteiger partial charge in [0.1, 0.15) is 16.7 Å². The van der Waals surface area contributed by atoms with Crippen LogP contribution in [0, 0.1) is 0 Å². The van der Waals surface area contributed by atoms with Gasteiger partial charge in [-0.15, -0.1) is 0 Å². The Morgan fingerprint density at radius 2 is 2.11 bits per heavy atom. The minimum atomic E-state index is 0.657. The summed E-state index contributed by atoms with van der Waals surface area (Å²) in [6.45, 7) is 2.31. The first kappa shape index (κ1) is 13.9. The summed E-state index contributed by atoms with van der Waals surface area (Å²) in [4.78, 5) is 4.22. The molecule has 0 spiro atoms. The Morgan fingerprint density at radius 1 is 1.32 bits per heavy atom. The van der Waals surface area contributed by atoms with Crippen molar-refractivity contribution in [3.8, 4) is 5.75 Å². The first-order valence-corrected chi connectivity index (χ1v) is 6.70. The number of imidazole rings is 1. The summed E-state index contributed by atoms with van der Waals surface area (Å²) >= 11 is 5.91. The number of nitrogens with one attached hydrogen (secondary N) is 1. The van der Waals surface area contributed by atoms with Gasteiger partial charge in [0, 0.05) is 7.05 Å². The number of hydrogen-bond acceptors (Lipinski definition) is 3. The molecule has 0 aliphatic heterocycles. The van der Waals surface area contributed by atoms with Crippen LogP contribution in [0.5, 0.6) is 5.75 Å². The molecule has 102 valence electrons. The topological polar surface area (TPSA) is 39.1 Å². The van der Waals surface area contributed by atoms with Crippen molar-refractivity contribution in [3.05, 3.63) is 47.5 Å². The van der Waals surface area contributed by atoms with Crippen LogP contribution in [0.2, 0.25) is 5.15 Å². The van der Waals surface area contributed by atoms with E-state index in [0.29, 0.717) is 18.3 Å². The molecule has 0 unspecified atom stereocenters. The molecule has 5 heteroatoms. The molecular formula is C14H18ClN3O. The lowest BCUT2D eigenvalue weighted by Gasteiger charge is -2.07. The van der Waals surface area contributed by atoms with Gasteiger partial charge < -0.3 is 14.6 Å². The Hall–Kier alpha value is -1.52. The van der Waals surface area contributed by atoms with Crippen molar-refractivity contribution in [2.75, 3.05) is 13.2 Å². The molecule has 0 bridgehead atoms. The molecule has 0 saturated carbocycles. The lowest BCUT2D eigenvalue weighted by molar-refractivity contribution is 0.307. The fourth-order valence-corrected chi connectivity index (χ4v) is 1.84. The van der Waals surface area contributed by atoms with Crippen LogP contribution in [-0.2, 0) is 13.6 Å². The predicted octanol–water partition coefficient (Wildman–Crippen LogP) is 2.63. The second kappa shape index (κ2) is 7.16. The summed E-state index contributed by atoms with van der Waals surface area (Å²) in [6, 6.07) is 9.84. The Bertz CT molecular complexity index is 499. The van der Waals surface area contributed by atoms with Crippen molar-refractivity contribution in [2.24, 2.45) is 7.05 Å². The lowest BCUT2D eigenvalue weighted by atomic mass is 10.3. The fourth-order valence-electron chi connectivity index (χ4n) is 1.69. The van der Waals surface area contributed by atoms with Crippen LogP contribution < -0.4 is 10.1 Å². The molecule has 1 heterocycles. The number of nitrogens with zero attached hydrogens (tertiary/aromatic N) is 2. The third-order valence-corrected chi connectivity index (χ3v) is 3.17. The molecule has 1 aromatic carbocycles. The average Bonchev–Trinajstić information content (AvgIpc) is 2.75. The van der Waals surface area contributed by atoms with Gasteiger partial charge in [-0.25, -0.2) is 4.98 Å². The summed E-state index contributed by atoms with van der Waals surface area (Å²) in [5.74, 6) is 1.85. The molecule has 0 atom stereocenters. The van der Waals surface area contributed by atoms with Crippen LogP contribution in [0.4, 0.5) is 0 Å². The van der Waals surface area contributed by atoms with E-state index in [1.807, 2.05) is 41.9 Å². The number of ether oxygens (including phenoxy) is 1. The van der Waals surface area contributed by atoms with E-state index < -0.39 is 0 Å². The van der Waals surface area contributed by atoms with E-state index in [9.17, 15) is 0 Å². The number of benzene rings is 1. The van der Waals surface area contributed by atoms with Crippen LogP contribution in [0.3, 0.4) is 0 Å². The zero-order valence-corrected chi connectivity index (χ0v) is 11.7. The number of rotatable bonds is 7. The third-order valence-electron chi connectivity index (χ3n) is 2.82. The highest BCUT2D eigenvalue weighted by atomic mass is 35.5. The summed E-state index contributed by atoms with van der Waals surface area (Å²) < 4.78 is 7.47. The van der Waals surface area contributed by atoms with Gasteiger partial charge >= 0.3 is 0 Å². The van der Waals surface area contributed by atoms with Gasteiger partial charge in [0.2, 0.25) is 0 Å². The minimum absolute atomic E-state index is 0.657. The SMILES string of the molecule is Cn1c(Cl)cnc1CNCCCOc1ccccc1. The smallest absolute Gasteiger partial charge is 0.128 e. The molecule has 0 fully saturated rings. The number of aromatic nitrogens is 2. The molecule has 2 rings (SSSR count). The van der Waals surface area contributed by atoms with E-state index in [1.54, 1.807) is 6.20 Å². The molecule has 19 heavy (non-hydrogen) atoms. The highest BCUT2D eigenvalue weighted by Crippen LogP contribution is 2.09. The second-order valence-corrected chi connectivity index (χ2v) is 4.64. The van der Waals surface area contributed by atoms with Gasteiger partial charge in [-0.2, -0.15) is 0 Å². The normalized spacial score (nSPS) is 10.6.